The fourth-order valence-corrected chi connectivity index (χ4v) is 4.05. The van der Waals surface area contributed by atoms with E-state index in [4.69, 9.17) is 14.8 Å². The summed E-state index contributed by atoms with van der Waals surface area (Å²) in [7, 11) is -1.91. The second-order valence-electron chi connectivity index (χ2n) is 7.04. The number of aryl methyl sites for hydroxylation is 2. The molecule has 3 aromatic rings. The molecule has 1 aliphatic heterocycles. The predicted octanol–water partition coefficient (Wildman–Crippen LogP) is 2.28. The first-order chi connectivity index (χ1) is 13.3. The molecule has 0 spiro atoms. The summed E-state index contributed by atoms with van der Waals surface area (Å²) in [6.45, 7) is 4.67. The number of aromatic nitrogens is 3. The molecule has 3 heterocycles. The number of nitrogens with one attached hydrogen (secondary N) is 2. The molecule has 0 saturated heterocycles. The molecule has 0 bridgehead atoms. The van der Waals surface area contributed by atoms with Crippen LogP contribution in [0.2, 0.25) is 0 Å². The number of pyridine rings is 1. The van der Waals surface area contributed by atoms with E-state index in [9.17, 15) is 8.42 Å². The molecule has 0 radical (unpaired) electrons. The van der Waals surface area contributed by atoms with Crippen LogP contribution in [0.25, 0.3) is 22.3 Å². The van der Waals surface area contributed by atoms with Crippen LogP contribution in [0.15, 0.2) is 24.3 Å². The molecule has 0 fully saturated rings. The number of hydrogen-bond acceptors (Lipinski definition) is 6. The molecule has 148 valence electrons. The molecule has 4 rings (SSSR count). The van der Waals surface area contributed by atoms with Crippen LogP contribution in [0.5, 0.6) is 5.75 Å². The van der Waals surface area contributed by atoms with Crippen molar-refractivity contribution < 1.29 is 13.2 Å². The smallest absolute Gasteiger partial charge is 0.229 e. The van der Waals surface area contributed by atoms with Crippen LogP contribution in [0.1, 0.15) is 17.7 Å². The number of sulfonamides is 1. The van der Waals surface area contributed by atoms with Crippen molar-refractivity contribution in [3.8, 4) is 17.1 Å². The average molecular weight is 401 g/mol. The van der Waals surface area contributed by atoms with Crippen LogP contribution in [-0.4, -0.2) is 43.1 Å². The van der Waals surface area contributed by atoms with Gasteiger partial charge in [0.15, 0.2) is 0 Å². The van der Waals surface area contributed by atoms with E-state index in [1.165, 1.54) is 7.11 Å². The van der Waals surface area contributed by atoms with Gasteiger partial charge in [-0.2, -0.15) is 5.10 Å². The third kappa shape index (κ3) is 3.67. The summed E-state index contributed by atoms with van der Waals surface area (Å²) in [6, 6.07) is 7.56. The van der Waals surface area contributed by atoms with Crippen molar-refractivity contribution in [2.45, 2.75) is 26.4 Å². The number of methoxy groups -OCH3 is 1. The summed E-state index contributed by atoms with van der Waals surface area (Å²) in [5, 5.41) is 8.98. The highest BCUT2D eigenvalue weighted by Gasteiger charge is 2.16. The molecule has 2 aromatic heterocycles. The van der Waals surface area contributed by atoms with Crippen molar-refractivity contribution in [3.05, 3.63) is 35.5 Å². The summed E-state index contributed by atoms with van der Waals surface area (Å²) in [6.07, 6.45) is 2.16. The van der Waals surface area contributed by atoms with E-state index in [2.05, 4.69) is 16.1 Å². The van der Waals surface area contributed by atoms with Gasteiger partial charge in [0.05, 0.1) is 36.0 Å². The standard InChI is InChI=1S/C19H23N5O3S/c1-12-7-16(17-8-13-11-20-5-4-6-24(13)22-17)21-15-10-19(27-2)18(9-14(12)15)23-28(3,25)26/h7-10,20,23H,4-6,11H2,1-3H3. The molecule has 8 nitrogen and oxygen atoms in total. The molecule has 0 aliphatic carbocycles. The van der Waals surface area contributed by atoms with Gasteiger partial charge in [-0.05, 0) is 43.7 Å². The summed E-state index contributed by atoms with van der Waals surface area (Å²) < 4.78 is 33.2. The summed E-state index contributed by atoms with van der Waals surface area (Å²) in [5.41, 5.74) is 4.89. The molecule has 0 atom stereocenters. The van der Waals surface area contributed by atoms with Gasteiger partial charge in [0.1, 0.15) is 11.4 Å². The first-order valence-electron chi connectivity index (χ1n) is 9.09. The Labute approximate surface area is 164 Å². The van der Waals surface area contributed by atoms with Gasteiger partial charge < -0.3 is 10.1 Å². The summed E-state index contributed by atoms with van der Waals surface area (Å²) in [4.78, 5) is 4.77. The number of fused-ring (bicyclic) bond motifs is 2. The highest BCUT2D eigenvalue weighted by atomic mass is 32.2. The van der Waals surface area contributed by atoms with E-state index >= 15 is 0 Å². The Morgan fingerprint density at radius 3 is 2.79 bits per heavy atom. The van der Waals surface area contributed by atoms with Gasteiger partial charge in [0.2, 0.25) is 10.0 Å². The molecular formula is C19H23N5O3S. The summed E-state index contributed by atoms with van der Waals surface area (Å²) in [5.74, 6) is 0.423. The van der Waals surface area contributed by atoms with Gasteiger partial charge in [-0.3, -0.25) is 9.40 Å². The number of benzene rings is 1. The van der Waals surface area contributed by atoms with Gasteiger partial charge in [0, 0.05) is 24.5 Å². The second-order valence-corrected chi connectivity index (χ2v) is 8.79. The Balaban J connectivity index is 1.81. The third-order valence-corrected chi connectivity index (χ3v) is 5.38. The van der Waals surface area contributed by atoms with Gasteiger partial charge >= 0.3 is 0 Å². The van der Waals surface area contributed by atoms with Crippen LogP contribution >= 0.6 is 0 Å². The van der Waals surface area contributed by atoms with Crippen molar-refractivity contribution in [3.63, 3.8) is 0 Å². The maximum absolute atomic E-state index is 11.7. The van der Waals surface area contributed by atoms with Crippen LogP contribution in [0, 0.1) is 6.92 Å². The topological polar surface area (TPSA) is 98.1 Å². The quantitative estimate of drug-likeness (QED) is 0.696. The minimum Gasteiger partial charge on any atom is -0.494 e. The molecule has 1 aliphatic rings. The molecule has 28 heavy (non-hydrogen) atoms. The molecule has 0 unspecified atom stereocenters. The van der Waals surface area contributed by atoms with Crippen molar-refractivity contribution in [1.82, 2.24) is 20.1 Å². The first kappa shape index (κ1) is 18.7. The fraction of sp³-hybridized carbons (Fsp3) is 0.368. The van der Waals surface area contributed by atoms with E-state index in [-0.39, 0.29) is 0 Å². The fourth-order valence-electron chi connectivity index (χ4n) is 3.49. The van der Waals surface area contributed by atoms with Gasteiger partial charge in [-0.15, -0.1) is 0 Å². The number of anilines is 1. The monoisotopic (exact) mass is 401 g/mol. The lowest BCUT2D eigenvalue weighted by atomic mass is 10.1. The van der Waals surface area contributed by atoms with Crippen molar-refractivity contribution in [1.29, 1.82) is 0 Å². The lowest BCUT2D eigenvalue weighted by Gasteiger charge is -2.13. The number of hydrogen-bond donors (Lipinski definition) is 2. The van der Waals surface area contributed by atoms with Gasteiger partial charge in [-0.25, -0.2) is 13.4 Å². The molecule has 9 heteroatoms. The lowest BCUT2D eigenvalue weighted by molar-refractivity contribution is 0.417. The van der Waals surface area contributed by atoms with Gasteiger partial charge in [0.25, 0.3) is 0 Å². The third-order valence-electron chi connectivity index (χ3n) is 4.79. The van der Waals surface area contributed by atoms with Crippen LogP contribution < -0.4 is 14.8 Å². The minimum absolute atomic E-state index is 0.398. The summed E-state index contributed by atoms with van der Waals surface area (Å²) >= 11 is 0. The van der Waals surface area contributed by atoms with E-state index in [1.807, 2.05) is 17.7 Å². The predicted molar refractivity (Wildman–Crippen MR) is 109 cm³/mol. The number of ether oxygens (including phenoxy) is 1. The Kier molecular flexibility index (Phi) is 4.72. The van der Waals surface area contributed by atoms with Crippen molar-refractivity contribution in [2.75, 3.05) is 24.6 Å². The highest BCUT2D eigenvalue weighted by molar-refractivity contribution is 7.92. The van der Waals surface area contributed by atoms with E-state index < -0.39 is 10.0 Å². The van der Waals surface area contributed by atoms with Crippen LogP contribution in [-0.2, 0) is 23.1 Å². The van der Waals surface area contributed by atoms with Crippen molar-refractivity contribution >= 4 is 26.6 Å². The Hall–Kier alpha value is -2.65. The maximum atomic E-state index is 11.7. The zero-order valence-corrected chi connectivity index (χ0v) is 16.9. The van der Waals surface area contributed by atoms with Crippen LogP contribution in [0.4, 0.5) is 5.69 Å². The normalized spacial score (nSPS) is 14.5. The Bertz CT molecular complexity index is 1130. The minimum atomic E-state index is -3.42. The molecule has 0 saturated carbocycles. The molecular weight excluding hydrogens is 378 g/mol. The lowest BCUT2D eigenvalue weighted by Crippen LogP contribution is -2.11. The second kappa shape index (κ2) is 7.06. The zero-order valence-electron chi connectivity index (χ0n) is 16.1. The zero-order chi connectivity index (χ0) is 19.9. The van der Waals surface area contributed by atoms with Crippen molar-refractivity contribution in [2.24, 2.45) is 0 Å². The van der Waals surface area contributed by atoms with Crippen LogP contribution in [0.3, 0.4) is 0 Å². The highest BCUT2D eigenvalue weighted by Crippen LogP contribution is 2.33. The molecule has 0 amide bonds. The van der Waals surface area contributed by atoms with E-state index in [0.717, 1.165) is 65.9 Å². The SMILES string of the molecule is COc1cc2nc(-c3cc4n(n3)CCCNC4)cc(C)c2cc1NS(C)(=O)=O. The molecule has 1 aromatic carbocycles. The van der Waals surface area contributed by atoms with E-state index in [1.54, 1.807) is 12.1 Å². The first-order valence-corrected chi connectivity index (χ1v) is 11.0. The molecule has 2 N–H and O–H groups in total. The largest absolute Gasteiger partial charge is 0.494 e. The van der Waals surface area contributed by atoms with Gasteiger partial charge in [-0.1, -0.05) is 0 Å². The Morgan fingerprint density at radius 1 is 1.21 bits per heavy atom. The number of nitrogens with zero attached hydrogens (tertiary/aromatic N) is 3. The Morgan fingerprint density at radius 2 is 2.04 bits per heavy atom. The number of rotatable bonds is 4. The maximum Gasteiger partial charge on any atom is 0.229 e. The van der Waals surface area contributed by atoms with E-state index in [0.29, 0.717) is 11.4 Å². The average Bonchev–Trinajstić information content (AvgIpc) is 2.91.